The van der Waals surface area contributed by atoms with Crippen molar-refractivity contribution in [1.29, 1.82) is 0 Å². The monoisotopic (exact) mass is 174 g/mol. The Morgan fingerprint density at radius 2 is 2.17 bits per heavy atom. The molecular formula is C8H18N2O2. The van der Waals surface area contributed by atoms with E-state index in [1.54, 1.807) is 14.0 Å². The summed E-state index contributed by atoms with van der Waals surface area (Å²) in [6.07, 6.45) is 0. The van der Waals surface area contributed by atoms with Crippen LogP contribution < -0.4 is 11.1 Å². The second kappa shape index (κ2) is 5.97. The highest BCUT2D eigenvalue weighted by atomic mass is 16.5. The van der Waals surface area contributed by atoms with E-state index in [2.05, 4.69) is 5.32 Å². The molecule has 0 heterocycles. The number of hydrogen-bond acceptors (Lipinski definition) is 3. The third-order valence-electron chi connectivity index (χ3n) is 1.49. The van der Waals surface area contributed by atoms with Crippen LogP contribution in [0.4, 0.5) is 0 Å². The molecule has 0 fully saturated rings. The topological polar surface area (TPSA) is 64.3 Å². The molecule has 0 aliphatic rings. The van der Waals surface area contributed by atoms with E-state index < -0.39 is 6.04 Å². The van der Waals surface area contributed by atoms with Gasteiger partial charge in [-0.1, -0.05) is 6.92 Å². The lowest BCUT2D eigenvalue weighted by Gasteiger charge is -2.12. The van der Waals surface area contributed by atoms with Crippen LogP contribution in [0.5, 0.6) is 0 Å². The summed E-state index contributed by atoms with van der Waals surface area (Å²) in [7, 11) is 1.64. The number of ether oxygens (including phenoxy) is 1. The highest BCUT2D eigenvalue weighted by Crippen LogP contribution is 1.92. The molecule has 12 heavy (non-hydrogen) atoms. The first-order valence-electron chi connectivity index (χ1n) is 4.10. The largest absolute Gasteiger partial charge is 0.384 e. The van der Waals surface area contributed by atoms with E-state index >= 15 is 0 Å². The van der Waals surface area contributed by atoms with Gasteiger partial charge in [-0.2, -0.15) is 0 Å². The predicted molar refractivity (Wildman–Crippen MR) is 47.7 cm³/mol. The fraction of sp³-hybridized carbons (Fsp3) is 0.875. The van der Waals surface area contributed by atoms with Crippen LogP contribution in [0, 0.1) is 5.92 Å². The van der Waals surface area contributed by atoms with Crippen LogP contribution in [-0.4, -0.2) is 32.2 Å². The van der Waals surface area contributed by atoms with Crippen molar-refractivity contribution in [1.82, 2.24) is 5.32 Å². The van der Waals surface area contributed by atoms with Crippen LogP contribution in [-0.2, 0) is 9.53 Å². The summed E-state index contributed by atoms with van der Waals surface area (Å²) in [5.74, 6) is 0.218. The summed E-state index contributed by atoms with van der Waals surface area (Å²) >= 11 is 0. The molecule has 0 aromatic rings. The molecule has 3 N–H and O–H groups in total. The van der Waals surface area contributed by atoms with Gasteiger partial charge in [-0.3, -0.25) is 4.79 Å². The molecule has 2 atom stereocenters. The summed E-state index contributed by atoms with van der Waals surface area (Å²) < 4.78 is 4.91. The molecule has 0 rings (SSSR count). The summed E-state index contributed by atoms with van der Waals surface area (Å²) in [5, 5.41) is 2.72. The Hall–Kier alpha value is -0.610. The molecule has 4 heteroatoms. The maximum Gasteiger partial charge on any atom is 0.236 e. The quantitative estimate of drug-likeness (QED) is 0.603. The molecule has 0 bridgehead atoms. The smallest absolute Gasteiger partial charge is 0.236 e. The molecule has 0 aliphatic carbocycles. The second-order valence-corrected chi connectivity index (χ2v) is 3.09. The van der Waals surface area contributed by atoms with Crippen LogP contribution in [0.1, 0.15) is 13.8 Å². The first kappa shape index (κ1) is 11.4. The summed E-state index contributed by atoms with van der Waals surface area (Å²) in [6.45, 7) is 4.94. The van der Waals surface area contributed by atoms with Crippen LogP contribution in [0.3, 0.4) is 0 Å². The molecule has 1 amide bonds. The highest BCUT2D eigenvalue weighted by Gasteiger charge is 2.08. The maximum absolute atomic E-state index is 11.0. The Balaban J connectivity index is 3.47. The number of nitrogens with one attached hydrogen (secondary N) is 1. The molecule has 72 valence electrons. The molecule has 2 unspecified atom stereocenters. The highest BCUT2D eigenvalue weighted by molar-refractivity contribution is 5.80. The van der Waals surface area contributed by atoms with Gasteiger partial charge in [0.15, 0.2) is 0 Å². The minimum Gasteiger partial charge on any atom is -0.384 e. The first-order chi connectivity index (χ1) is 5.57. The maximum atomic E-state index is 11.0. The lowest BCUT2D eigenvalue weighted by molar-refractivity contribution is -0.122. The fourth-order valence-electron chi connectivity index (χ4n) is 0.779. The zero-order chi connectivity index (χ0) is 9.56. The van der Waals surface area contributed by atoms with Crippen molar-refractivity contribution < 1.29 is 9.53 Å². The van der Waals surface area contributed by atoms with E-state index in [0.29, 0.717) is 19.1 Å². The van der Waals surface area contributed by atoms with Crippen molar-refractivity contribution in [3.63, 3.8) is 0 Å². The third kappa shape index (κ3) is 5.09. The van der Waals surface area contributed by atoms with E-state index in [4.69, 9.17) is 10.5 Å². The van der Waals surface area contributed by atoms with Crippen molar-refractivity contribution in [2.45, 2.75) is 19.9 Å². The lowest BCUT2D eigenvalue weighted by atomic mass is 10.2. The number of nitrogens with two attached hydrogens (primary N) is 1. The van der Waals surface area contributed by atoms with Crippen molar-refractivity contribution in [3.05, 3.63) is 0 Å². The number of carbonyl (C=O) groups excluding carboxylic acids is 1. The van der Waals surface area contributed by atoms with Gasteiger partial charge in [-0.25, -0.2) is 0 Å². The predicted octanol–water partition coefficient (Wildman–Crippen LogP) is -0.268. The van der Waals surface area contributed by atoms with Crippen molar-refractivity contribution in [2.75, 3.05) is 20.3 Å². The Kier molecular flexibility index (Phi) is 5.66. The molecule has 0 aliphatic heterocycles. The molecule has 0 spiro atoms. The molecule has 0 saturated heterocycles. The number of carbonyl (C=O) groups is 1. The van der Waals surface area contributed by atoms with Crippen LogP contribution in [0.2, 0.25) is 0 Å². The Labute approximate surface area is 73.5 Å². The van der Waals surface area contributed by atoms with Gasteiger partial charge in [-0.15, -0.1) is 0 Å². The van der Waals surface area contributed by atoms with Crippen molar-refractivity contribution >= 4 is 5.91 Å². The summed E-state index contributed by atoms with van der Waals surface area (Å²) in [6, 6.07) is -0.431. The molecule has 0 radical (unpaired) electrons. The Bertz CT molecular complexity index is 137. The second-order valence-electron chi connectivity index (χ2n) is 3.09. The van der Waals surface area contributed by atoms with Gasteiger partial charge in [0, 0.05) is 13.7 Å². The Morgan fingerprint density at radius 1 is 1.58 bits per heavy atom. The first-order valence-corrected chi connectivity index (χ1v) is 4.10. The zero-order valence-electron chi connectivity index (χ0n) is 7.96. The average molecular weight is 174 g/mol. The van der Waals surface area contributed by atoms with Gasteiger partial charge < -0.3 is 15.8 Å². The summed E-state index contributed by atoms with van der Waals surface area (Å²) in [5.41, 5.74) is 5.35. The van der Waals surface area contributed by atoms with Crippen LogP contribution >= 0.6 is 0 Å². The van der Waals surface area contributed by atoms with E-state index in [1.165, 1.54) is 0 Å². The summed E-state index contributed by atoms with van der Waals surface area (Å²) in [4.78, 5) is 11.0. The molecule has 0 saturated carbocycles. The third-order valence-corrected chi connectivity index (χ3v) is 1.49. The molecular weight excluding hydrogens is 156 g/mol. The van der Waals surface area contributed by atoms with Crippen LogP contribution in [0.25, 0.3) is 0 Å². The van der Waals surface area contributed by atoms with Crippen LogP contribution in [0.15, 0.2) is 0 Å². The molecule has 0 aromatic carbocycles. The number of methoxy groups -OCH3 is 1. The molecule has 0 aromatic heterocycles. The normalized spacial score (nSPS) is 15.3. The number of amides is 1. The standard InChI is InChI=1S/C8H18N2O2/c1-6(5-12-3)4-10-8(11)7(2)9/h6-7H,4-5,9H2,1-3H3,(H,10,11). The number of rotatable bonds is 5. The van der Waals surface area contributed by atoms with Crippen molar-refractivity contribution in [3.8, 4) is 0 Å². The zero-order valence-corrected chi connectivity index (χ0v) is 7.96. The minimum atomic E-state index is -0.431. The van der Waals surface area contributed by atoms with Gasteiger partial charge in [-0.05, 0) is 12.8 Å². The van der Waals surface area contributed by atoms with Gasteiger partial charge in [0.05, 0.1) is 12.6 Å². The number of hydrogen-bond donors (Lipinski definition) is 2. The van der Waals surface area contributed by atoms with Gasteiger partial charge in [0.2, 0.25) is 5.91 Å². The molecule has 4 nitrogen and oxygen atoms in total. The van der Waals surface area contributed by atoms with E-state index in [0.717, 1.165) is 0 Å². The van der Waals surface area contributed by atoms with Gasteiger partial charge >= 0.3 is 0 Å². The van der Waals surface area contributed by atoms with Gasteiger partial charge in [0.25, 0.3) is 0 Å². The van der Waals surface area contributed by atoms with E-state index in [9.17, 15) is 4.79 Å². The minimum absolute atomic E-state index is 0.113. The lowest BCUT2D eigenvalue weighted by Crippen LogP contribution is -2.40. The van der Waals surface area contributed by atoms with Gasteiger partial charge in [0.1, 0.15) is 0 Å². The average Bonchev–Trinajstić information content (AvgIpc) is 2.00. The van der Waals surface area contributed by atoms with E-state index in [-0.39, 0.29) is 5.91 Å². The van der Waals surface area contributed by atoms with Crippen molar-refractivity contribution in [2.24, 2.45) is 11.7 Å². The fourth-order valence-corrected chi connectivity index (χ4v) is 0.779. The van der Waals surface area contributed by atoms with E-state index in [1.807, 2.05) is 6.92 Å². The SMILES string of the molecule is COCC(C)CNC(=O)C(C)N. The Morgan fingerprint density at radius 3 is 2.58 bits per heavy atom.